The Balaban J connectivity index is 1.69. The Kier molecular flexibility index (Phi) is 5.08. The molecule has 144 valence electrons. The van der Waals surface area contributed by atoms with Crippen LogP contribution >= 0.6 is 0 Å². The van der Waals surface area contributed by atoms with E-state index in [-0.39, 0.29) is 11.8 Å². The molecule has 0 radical (unpaired) electrons. The van der Waals surface area contributed by atoms with Crippen LogP contribution in [0, 0.1) is 11.3 Å². The Labute approximate surface area is 169 Å². The third kappa shape index (κ3) is 3.74. The van der Waals surface area contributed by atoms with Crippen molar-refractivity contribution in [3.63, 3.8) is 0 Å². The Hall–Kier alpha value is -3.91. The van der Waals surface area contributed by atoms with E-state index in [9.17, 15) is 5.26 Å². The average Bonchev–Trinajstić information content (AvgIpc) is 2.77. The summed E-state index contributed by atoms with van der Waals surface area (Å²) in [4.78, 5) is 0. The number of hydrogen-bond acceptors (Lipinski definition) is 5. The van der Waals surface area contributed by atoms with Crippen LogP contribution in [0.1, 0.15) is 22.6 Å². The van der Waals surface area contributed by atoms with Gasteiger partial charge >= 0.3 is 0 Å². The molecule has 0 aliphatic carbocycles. The lowest BCUT2D eigenvalue weighted by atomic mass is 9.83. The van der Waals surface area contributed by atoms with Gasteiger partial charge in [-0.2, -0.15) is 5.26 Å². The summed E-state index contributed by atoms with van der Waals surface area (Å²) in [5, 5.41) is 9.72. The van der Waals surface area contributed by atoms with E-state index in [1.807, 2.05) is 66.7 Å². The highest BCUT2D eigenvalue weighted by molar-refractivity contribution is 5.57. The zero-order valence-electron chi connectivity index (χ0n) is 16.0. The third-order valence-corrected chi connectivity index (χ3v) is 4.87. The maximum atomic E-state index is 9.72. The largest absolute Gasteiger partial charge is 0.497 e. The number of fused-ring (bicyclic) bond motifs is 1. The molecule has 1 atom stereocenters. The molecule has 0 bridgehead atoms. The lowest BCUT2D eigenvalue weighted by Crippen LogP contribution is -2.21. The minimum Gasteiger partial charge on any atom is -0.497 e. The molecule has 1 aliphatic heterocycles. The van der Waals surface area contributed by atoms with Crippen LogP contribution in [-0.2, 0) is 6.61 Å². The minimum atomic E-state index is -0.338. The second-order valence-corrected chi connectivity index (χ2v) is 6.68. The molecule has 0 saturated carbocycles. The van der Waals surface area contributed by atoms with Crippen LogP contribution in [0.3, 0.4) is 0 Å². The Morgan fingerprint density at radius 3 is 2.59 bits per heavy atom. The molecule has 1 aliphatic rings. The van der Waals surface area contributed by atoms with Gasteiger partial charge in [-0.1, -0.05) is 48.5 Å². The van der Waals surface area contributed by atoms with Gasteiger partial charge in [-0.3, -0.25) is 0 Å². The van der Waals surface area contributed by atoms with Crippen molar-refractivity contribution in [2.45, 2.75) is 12.5 Å². The maximum absolute atomic E-state index is 9.72. The van der Waals surface area contributed by atoms with Crippen molar-refractivity contribution in [3.8, 4) is 23.3 Å². The number of benzene rings is 3. The van der Waals surface area contributed by atoms with Gasteiger partial charge in [0.1, 0.15) is 35.5 Å². The molecule has 0 fully saturated rings. The van der Waals surface area contributed by atoms with E-state index in [0.717, 1.165) is 22.4 Å². The smallest absolute Gasteiger partial charge is 0.205 e. The summed E-state index contributed by atoms with van der Waals surface area (Å²) in [6, 6.07) is 25.4. The molecule has 0 amide bonds. The molecule has 3 aromatic rings. The predicted octanol–water partition coefficient (Wildman–Crippen LogP) is 4.49. The first kappa shape index (κ1) is 18.5. The molecule has 0 aromatic heterocycles. The first-order valence-electron chi connectivity index (χ1n) is 9.22. The Morgan fingerprint density at radius 2 is 1.83 bits per heavy atom. The van der Waals surface area contributed by atoms with Gasteiger partial charge in [0.25, 0.3) is 0 Å². The topological polar surface area (TPSA) is 77.5 Å². The van der Waals surface area contributed by atoms with E-state index in [4.69, 9.17) is 19.9 Å². The highest BCUT2D eigenvalue weighted by Gasteiger charge is 2.31. The first-order chi connectivity index (χ1) is 14.2. The lowest BCUT2D eigenvalue weighted by Gasteiger charge is -2.27. The third-order valence-electron chi connectivity index (χ3n) is 4.87. The molecule has 0 spiro atoms. The van der Waals surface area contributed by atoms with Gasteiger partial charge in [0.05, 0.1) is 13.0 Å². The van der Waals surface area contributed by atoms with Gasteiger partial charge in [-0.05, 0) is 29.3 Å². The second-order valence-electron chi connectivity index (χ2n) is 6.68. The fourth-order valence-electron chi connectivity index (χ4n) is 3.43. The molecule has 2 N–H and O–H groups in total. The quantitative estimate of drug-likeness (QED) is 0.701. The summed E-state index contributed by atoms with van der Waals surface area (Å²) >= 11 is 0. The summed E-state index contributed by atoms with van der Waals surface area (Å²) < 4.78 is 16.9. The van der Waals surface area contributed by atoms with E-state index < -0.39 is 0 Å². The van der Waals surface area contributed by atoms with Gasteiger partial charge in [0.2, 0.25) is 5.88 Å². The van der Waals surface area contributed by atoms with Crippen LogP contribution in [0.2, 0.25) is 0 Å². The number of hydrogen-bond donors (Lipinski definition) is 1. The Bertz CT molecular complexity index is 1100. The van der Waals surface area contributed by atoms with Gasteiger partial charge in [0, 0.05) is 11.6 Å². The molecular weight excluding hydrogens is 364 g/mol. The maximum Gasteiger partial charge on any atom is 0.205 e. The molecule has 5 nitrogen and oxygen atoms in total. The van der Waals surface area contributed by atoms with Crippen LogP contribution in [0.25, 0.3) is 0 Å². The summed E-state index contributed by atoms with van der Waals surface area (Å²) in [5.74, 6) is 1.74. The first-order valence-corrected chi connectivity index (χ1v) is 9.22. The van der Waals surface area contributed by atoms with E-state index in [2.05, 4.69) is 6.07 Å². The number of ether oxygens (including phenoxy) is 3. The number of rotatable bonds is 5. The summed E-state index contributed by atoms with van der Waals surface area (Å²) in [7, 11) is 1.59. The second kappa shape index (κ2) is 7.99. The van der Waals surface area contributed by atoms with Crippen LogP contribution in [0.15, 0.2) is 84.3 Å². The van der Waals surface area contributed by atoms with Crippen LogP contribution in [0.5, 0.6) is 17.2 Å². The van der Waals surface area contributed by atoms with E-state index >= 15 is 0 Å². The van der Waals surface area contributed by atoms with Gasteiger partial charge in [-0.25, -0.2) is 0 Å². The highest BCUT2D eigenvalue weighted by atomic mass is 16.5. The lowest BCUT2D eigenvalue weighted by molar-refractivity contribution is 0.306. The normalized spacial score (nSPS) is 15.1. The SMILES string of the molecule is COc1ccc2c(c1)OC(N)=C(C#N)[C@@H]2c1cccc(OCc2ccccc2)c1. The number of nitriles is 1. The van der Waals surface area contributed by atoms with Gasteiger partial charge in [-0.15, -0.1) is 0 Å². The fraction of sp³-hybridized carbons (Fsp3) is 0.125. The number of nitrogens with zero attached hydrogens (tertiary/aromatic N) is 1. The van der Waals surface area contributed by atoms with Crippen LogP contribution < -0.4 is 19.9 Å². The number of methoxy groups -OCH3 is 1. The van der Waals surface area contributed by atoms with E-state index in [0.29, 0.717) is 23.7 Å². The van der Waals surface area contributed by atoms with E-state index in [1.54, 1.807) is 13.2 Å². The van der Waals surface area contributed by atoms with Crippen molar-refractivity contribution in [2.75, 3.05) is 7.11 Å². The Morgan fingerprint density at radius 1 is 1.00 bits per heavy atom. The standard InChI is InChI=1S/C24H20N2O3/c1-27-18-10-11-20-22(13-18)29-24(26)21(14-25)23(20)17-8-5-9-19(12-17)28-15-16-6-3-2-4-7-16/h2-13,23H,15,26H2,1H3/t23-/m1/s1. The van der Waals surface area contributed by atoms with Crippen molar-refractivity contribution in [2.24, 2.45) is 5.73 Å². The molecule has 4 rings (SSSR count). The van der Waals surface area contributed by atoms with Crippen LogP contribution in [0.4, 0.5) is 0 Å². The molecule has 5 heteroatoms. The van der Waals surface area contributed by atoms with Crippen molar-refractivity contribution in [1.82, 2.24) is 0 Å². The summed E-state index contributed by atoms with van der Waals surface area (Å²) in [5.41, 5.74) is 9.29. The summed E-state index contributed by atoms with van der Waals surface area (Å²) in [6.45, 7) is 0.467. The fourth-order valence-corrected chi connectivity index (χ4v) is 3.43. The van der Waals surface area contributed by atoms with Crippen LogP contribution in [-0.4, -0.2) is 7.11 Å². The average molecular weight is 384 g/mol. The van der Waals surface area contributed by atoms with Gasteiger partial charge in [0.15, 0.2) is 0 Å². The molecule has 0 unspecified atom stereocenters. The molecule has 1 heterocycles. The zero-order chi connectivity index (χ0) is 20.2. The molecule has 0 saturated heterocycles. The van der Waals surface area contributed by atoms with Crippen molar-refractivity contribution in [1.29, 1.82) is 5.26 Å². The van der Waals surface area contributed by atoms with E-state index in [1.165, 1.54) is 0 Å². The number of allylic oxidation sites excluding steroid dienone is 1. The van der Waals surface area contributed by atoms with Gasteiger partial charge < -0.3 is 19.9 Å². The van der Waals surface area contributed by atoms with Crippen molar-refractivity contribution < 1.29 is 14.2 Å². The highest BCUT2D eigenvalue weighted by Crippen LogP contribution is 2.43. The predicted molar refractivity (Wildman–Crippen MR) is 110 cm³/mol. The molecule has 29 heavy (non-hydrogen) atoms. The number of nitrogens with two attached hydrogens (primary N) is 1. The van der Waals surface area contributed by atoms with Crippen molar-refractivity contribution >= 4 is 0 Å². The minimum absolute atomic E-state index is 0.105. The molecular formula is C24H20N2O3. The van der Waals surface area contributed by atoms with Crippen molar-refractivity contribution in [3.05, 3.63) is 101 Å². The zero-order valence-corrected chi connectivity index (χ0v) is 16.0. The summed E-state index contributed by atoms with van der Waals surface area (Å²) in [6.07, 6.45) is 0. The monoisotopic (exact) mass is 384 g/mol. The molecule has 3 aromatic carbocycles.